The van der Waals surface area contributed by atoms with E-state index in [0.29, 0.717) is 6.54 Å². The molecule has 150 valence electrons. The van der Waals surface area contributed by atoms with Crippen molar-refractivity contribution in [3.63, 3.8) is 0 Å². The molecule has 1 N–H and O–H groups in total. The molecule has 2 aromatic carbocycles. The van der Waals surface area contributed by atoms with Crippen LogP contribution < -0.4 is 10.2 Å². The van der Waals surface area contributed by atoms with Crippen LogP contribution >= 0.6 is 0 Å². The number of benzene rings is 2. The van der Waals surface area contributed by atoms with Crippen LogP contribution in [-0.2, 0) is 4.79 Å². The van der Waals surface area contributed by atoms with E-state index in [1.165, 1.54) is 16.6 Å². The predicted molar refractivity (Wildman–Crippen MR) is 120 cm³/mol. The van der Waals surface area contributed by atoms with Gasteiger partial charge in [0.25, 0.3) is 0 Å². The molecule has 0 atom stereocenters. The number of aryl methyl sites for hydroxylation is 3. The van der Waals surface area contributed by atoms with Crippen molar-refractivity contribution in [2.75, 3.05) is 42.9 Å². The summed E-state index contributed by atoms with van der Waals surface area (Å²) in [5.74, 6) is 0.0582. The second-order valence-electron chi connectivity index (χ2n) is 7.93. The highest BCUT2D eigenvalue weighted by molar-refractivity contribution is 5.94. The molecule has 1 fully saturated rings. The normalized spacial score (nSPS) is 14.9. The first-order chi connectivity index (χ1) is 14.0. The van der Waals surface area contributed by atoms with Gasteiger partial charge in [-0.05, 0) is 44.0 Å². The summed E-state index contributed by atoms with van der Waals surface area (Å²) in [6, 6.07) is 14.6. The quantitative estimate of drug-likeness (QED) is 0.736. The summed E-state index contributed by atoms with van der Waals surface area (Å²) in [6.07, 6.45) is 1.88. The summed E-state index contributed by atoms with van der Waals surface area (Å²) in [6.45, 7) is 10.2. The number of pyridine rings is 1. The van der Waals surface area contributed by atoms with Crippen molar-refractivity contribution in [2.24, 2.45) is 0 Å². The molecule has 4 rings (SSSR count). The minimum absolute atomic E-state index is 0.0582. The first-order valence-corrected chi connectivity index (χ1v) is 10.2. The topological polar surface area (TPSA) is 48.5 Å². The molecule has 5 nitrogen and oxygen atoms in total. The zero-order valence-electron chi connectivity index (χ0n) is 17.4. The van der Waals surface area contributed by atoms with Crippen molar-refractivity contribution < 1.29 is 4.79 Å². The summed E-state index contributed by atoms with van der Waals surface area (Å²) in [5, 5.41) is 4.30. The molecular weight excluding hydrogens is 360 g/mol. The summed E-state index contributed by atoms with van der Waals surface area (Å²) >= 11 is 0. The minimum atomic E-state index is 0.0582. The molecule has 0 bridgehead atoms. The van der Waals surface area contributed by atoms with Gasteiger partial charge in [-0.25, -0.2) is 0 Å². The van der Waals surface area contributed by atoms with Gasteiger partial charge in [0.05, 0.1) is 12.1 Å². The van der Waals surface area contributed by atoms with Crippen molar-refractivity contribution in [3.05, 3.63) is 65.4 Å². The second kappa shape index (κ2) is 8.21. The van der Waals surface area contributed by atoms with Crippen molar-refractivity contribution >= 4 is 28.2 Å². The summed E-state index contributed by atoms with van der Waals surface area (Å²) in [5.41, 5.74) is 6.65. The zero-order valence-corrected chi connectivity index (χ0v) is 17.4. The molecule has 29 heavy (non-hydrogen) atoms. The van der Waals surface area contributed by atoms with Crippen LogP contribution in [0.15, 0.2) is 48.7 Å². The lowest BCUT2D eigenvalue weighted by atomic mass is 10.1. The highest BCUT2D eigenvalue weighted by atomic mass is 16.2. The molecule has 2 heterocycles. The molecule has 0 spiro atoms. The number of carbonyl (C=O) groups excluding carboxylic acids is 1. The maximum absolute atomic E-state index is 12.6. The average Bonchev–Trinajstić information content (AvgIpc) is 2.71. The van der Waals surface area contributed by atoms with Crippen LogP contribution in [0.3, 0.4) is 0 Å². The first kappa shape index (κ1) is 19.4. The third-order valence-electron chi connectivity index (χ3n) is 5.65. The smallest absolute Gasteiger partial charge is 0.238 e. The number of nitrogens with zero attached hydrogens (tertiary/aromatic N) is 3. The predicted octanol–water partition coefficient (Wildman–Crippen LogP) is 3.92. The molecule has 0 aliphatic carbocycles. The van der Waals surface area contributed by atoms with Gasteiger partial charge in [0.2, 0.25) is 5.91 Å². The van der Waals surface area contributed by atoms with Crippen molar-refractivity contribution in [1.29, 1.82) is 0 Å². The Morgan fingerprint density at radius 1 is 1.00 bits per heavy atom. The highest BCUT2D eigenvalue weighted by Crippen LogP contribution is 2.26. The summed E-state index contributed by atoms with van der Waals surface area (Å²) in [4.78, 5) is 21.7. The minimum Gasteiger partial charge on any atom is -0.368 e. The van der Waals surface area contributed by atoms with Gasteiger partial charge >= 0.3 is 0 Å². The van der Waals surface area contributed by atoms with Gasteiger partial charge in [-0.1, -0.05) is 35.9 Å². The van der Waals surface area contributed by atoms with E-state index in [9.17, 15) is 4.79 Å². The Morgan fingerprint density at radius 3 is 2.41 bits per heavy atom. The van der Waals surface area contributed by atoms with Crippen molar-refractivity contribution in [3.8, 4) is 0 Å². The number of amides is 1. The van der Waals surface area contributed by atoms with Crippen LogP contribution in [0.1, 0.15) is 16.7 Å². The Balaban J connectivity index is 1.37. The monoisotopic (exact) mass is 388 g/mol. The number of para-hydroxylation sites is 1. The largest absolute Gasteiger partial charge is 0.368 e. The van der Waals surface area contributed by atoms with E-state index in [-0.39, 0.29) is 5.91 Å². The van der Waals surface area contributed by atoms with Gasteiger partial charge < -0.3 is 10.2 Å². The molecular formula is C24H28N4O. The fourth-order valence-electron chi connectivity index (χ4n) is 4.26. The molecule has 0 saturated carbocycles. The van der Waals surface area contributed by atoms with Gasteiger partial charge in [-0.2, -0.15) is 0 Å². The number of rotatable bonds is 4. The number of carbonyl (C=O) groups is 1. The fourth-order valence-corrected chi connectivity index (χ4v) is 4.26. The molecule has 5 heteroatoms. The Hall–Kier alpha value is -2.92. The molecule has 0 radical (unpaired) electrons. The lowest BCUT2D eigenvalue weighted by Gasteiger charge is -2.36. The Morgan fingerprint density at radius 2 is 1.69 bits per heavy atom. The molecule has 3 aromatic rings. The van der Waals surface area contributed by atoms with Crippen LogP contribution in [0.5, 0.6) is 0 Å². The van der Waals surface area contributed by atoms with Gasteiger partial charge in [0, 0.05) is 49.1 Å². The summed E-state index contributed by atoms with van der Waals surface area (Å²) in [7, 11) is 0. The van der Waals surface area contributed by atoms with Crippen molar-refractivity contribution in [1.82, 2.24) is 9.88 Å². The number of hydrogen-bond acceptors (Lipinski definition) is 4. The first-order valence-electron chi connectivity index (χ1n) is 10.2. The lowest BCUT2D eigenvalue weighted by Crippen LogP contribution is -2.48. The number of aromatic nitrogens is 1. The van der Waals surface area contributed by atoms with Crippen LogP contribution in [0.25, 0.3) is 10.9 Å². The Labute approximate surface area is 172 Å². The standard InChI is InChI=1S/C24H28N4O/c1-17-14-18(2)24(19(3)15-17)26-23(29)16-27-10-12-28(13-11-27)22-8-9-25-21-7-5-4-6-20(21)22/h4-9,14-15H,10-13,16H2,1-3H3,(H,26,29). The van der Waals surface area contributed by atoms with Gasteiger partial charge in [0.1, 0.15) is 0 Å². The number of piperazine rings is 1. The van der Waals surface area contributed by atoms with E-state index in [1.54, 1.807) is 0 Å². The maximum Gasteiger partial charge on any atom is 0.238 e. The van der Waals surface area contributed by atoms with Crippen LogP contribution in [0.4, 0.5) is 11.4 Å². The fraction of sp³-hybridized carbons (Fsp3) is 0.333. The van der Waals surface area contributed by atoms with Crippen LogP contribution in [0.2, 0.25) is 0 Å². The highest BCUT2D eigenvalue weighted by Gasteiger charge is 2.21. The summed E-state index contributed by atoms with van der Waals surface area (Å²) < 4.78 is 0. The second-order valence-corrected chi connectivity index (χ2v) is 7.93. The molecule has 1 amide bonds. The SMILES string of the molecule is Cc1cc(C)c(NC(=O)CN2CCN(c3ccnc4ccccc34)CC2)c(C)c1. The number of fused-ring (bicyclic) bond motifs is 1. The van der Waals surface area contributed by atoms with Crippen molar-refractivity contribution in [2.45, 2.75) is 20.8 Å². The van der Waals surface area contributed by atoms with Crippen LogP contribution in [0, 0.1) is 20.8 Å². The third-order valence-corrected chi connectivity index (χ3v) is 5.65. The Kier molecular flexibility index (Phi) is 5.49. The number of hydrogen-bond donors (Lipinski definition) is 1. The Bertz CT molecular complexity index is 1010. The molecule has 0 unspecified atom stereocenters. The number of anilines is 2. The van der Waals surface area contributed by atoms with E-state index in [1.807, 2.05) is 26.1 Å². The average molecular weight is 389 g/mol. The number of nitrogens with one attached hydrogen (secondary N) is 1. The molecule has 1 aromatic heterocycles. The van der Waals surface area contributed by atoms with E-state index >= 15 is 0 Å². The van der Waals surface area contributed by atoms with Crippen LogP contribution in [-0.4, -0.2) is 48.5 Å². The van der Waals surface area contributed by atoms with E-state index in [4.69, 9.17) is 0 Å². The maximum atomic E-state index is 12.6. The molecule has 1 aliphatic rings. The lowest BCUT2D eigenvalue weighted by molar-refractivity contribution is -0.117. The molecule has 1 aliphatic heterocycles. The van der Waals surface area contributed by atoms with Gasteiger partial charge in [-0.15, -0.1) is 0 Å². The van der Waals surface area contributed by atoms with E-state index < -0.39 is 0 Å². The molecule has 1 saturated heterocycles. The van der Waals surface area contributed by atoms with Gasteiger partial charge in [0.15, 0.2) is 0 Å². The van der Waals surface area contributed by atoms with E-state index in [2.05, 4.69) is 63.4 Å². The van der Waals surface area contributed by atoms with Gasteiger partial charge in [-0.3, -0.25) is 14.7 Å². The third kappa shape index (κ3) is 4.25. The van der Waals surface area contributed by atoms with E-state index in [0.717, 1.165) is 48.5 Å². The zero-order chi connectivity index (χ0) is 20.4.